The first-order chi connectivity index (χ1) is 7.00. The summed E-state index contributed by atoms with van der Waals surface area (Å²) < 4.78 is 1.24. The van der Waals surface area contributed by atoms with E-state index in [0.29, 0.717) is 11.2 Å². The number of carboxylic acids is 1. The molecule has 2 N–H and O–H groups in total. The molecule has 0 radical (unpaired) electrons. The lowest BCUT2D eigenvalue weighted by atomic mass is 10.2. The van der Waals surface area contributed by atoms with Crippen molar-refractivity contribution in [1.82, 2.24) is 9.61 Å². The number of aromatic amines is 1. The number of carbonyl (C=O) groups is 1. The van der Waals surface area contributed by atoms with Gasteiger partial charge >= 0.3 is 5.97 Å². The Hall–Kier alpha value is -2.04. The number of nitrogens with one attached hydrogen (secondary N) is 1. The number of hydrogen-bond acceptors (Lipinski definition) is 2. The molecule has 5 heteroatoms. The van der Waals surface area contributed by atoms with Crippen LogP contribution in [0.3, 0.4) is 0 Å². The summed E-state index contributed by atoms with van der Waals surface area (Å²) in [5.41, 5.74) is 1.54. The van der Waals surface area contributed by atoms with Gasteiger partial charge in [-0.1, -0.05) is 0 Å². The minimum atomic E-state index is -1.03. The van der Waals surface area contributed by atoms with Crippen LogP contribution in [0.5, 0.6) is 0 Å². The van der Waals surface area contributed by atoms with Gasteiger partial charge in [-0.05, 0) is 25.5 Å². The first kappa shape index (κ1) is 9.51. The van der Waals surface area contributed by atoms with Crippen LogP contribution in [0, 0.1) is 13.8 Å². The summed E-state index contributed by atoms with van der Waals surface area (Å²) in [5, 5.41) is 11.7. The highest BCUT2D eigenvalue weighted by Crippen LogP contribution is 2.14. The summed E-state index contributed by atoms with van der Waals surface area (Å²) in [4.78, 5) is 22.5. The number of H-pyrrole nitrogens is 1. The second-order valence-corrected chi connectivity index (χ2v) is 3.51. The standard InChI is InChI=1S/C10H10N2O3/c1-5-3-7-9(10(14)15)6(2)11-12(7)8(13)4-5/h3-4,11H,1-2H3,(H,14,15). The molecule has 0 aliphatic carbocycles. The lowest BCUT2D eigenvalue weighted by molar-refractivity contribution is 0.0698. The summed E-state index contributed by atoms with van der Waals surface area (Å²) in [6.07, 6.45) is 0. The Labute approximate surface area is 84.9 Å². The van der Waals surface area contributed by atoms with Gasteiger partial charge in [0.2, 0.25) is 0 Å². The molecular weight excluding hydrogens is 196 g/mol. The maximum atomic E-state index is 11.5. The van der Waals surface area contributed by atoms with Crippen molar-refractivity contribution in [2.45, 2.75) is 13.8 Å². The molecule has 0 fully saturated rings. The lowest BCUT2D eigenvalue weighted by Gasteiger charge is -1.95. The third kappa shape index (κ3) is 1.32. The Balaban J connectivity index is 2.99. The average molecular weight is 206 g/mol. The summed E-state index contributed by atoms with van der Waals surface area (Å²) in [6.45, 7) is 3.39. The van der Waals surface area contributed by atoms with Crippen LogP contribution in [0.2, 0.25) is 0 Å². The Morgan fingerprint density at radius 3 is 2.67 bits per heavy atom. The first-order valence-corrected chi connectivity index (χ1v) is 4.46. The molecule has 0 saturated heterocycles. The molecule has 2 aromatic rings. The van der Waals surface area contributed by atoms with Crippen LogP contribution in [-0.4, -0.2) is 20.7 Å². The van der Waals surface area contributed by atoms with Gasteiger partial charge in [-0.3, -0.25) is 9.89 Å². The Morgan fingerprint density at radius 1 is 1.40 bits per heavy atom. The minimum absolute atomic E-state index is 0.149. The van der Waals surface area contributed by atoms with Crippen molar-refractivity contribution >= 4 is 11.5 Å². The molecule has 0 aliphatic rings. The predicted octanol–water partition coefficient (Wildman–Crippen LogP) is 0.943. The second-order valence-electron chi connectivity index (χ2n) is 3.51. The van der Waals surface area contributed by atoms with E-state index in [-0.39, 0.29) is 11.1 Å². The molecule has 2 heterocycles. The number of aryl methyl sites for hydroxylation is 2. The number of hydrogen-bond donors (Lipinski definition) is 2. The maximum absolute atomic E-state index is 11.5. The van der Waals surface area contributed by atoms with Crippen molar-refractivity contribution in [3.63, 3.8) is 0 Å². The smallest absolute Gasteiger partial charge is 0.339 e. The third-order valence-corrected chi connectivity index (χ3v) is 2.30. The molecule has 0 bridgehead atoms. The zero-order chi connectivity index (χ0) is 11.2. The number of aromatic nitrogens is 2. The van der Waals surface area contributed by atoms with Crippen molar-refractivity contribution < 1.29 is 9.90 Å². The number of nitrogens with zero attached hydrogens (tertiary/aromatic N) is 1. The second kappa shape index (κ2) is 2.98. The zero-order valence-corrected chi connectivity index (χ0v) is 8.37. The van der Waals surface area contributed by atoms with E-state index >= 15 is 0 Å². The monoisotopic (exact) mass is 206 g/mol. The fourth-order valence-electron chi connectivity index (χ4n) is 1.68. The molecule has 0 aromatic carbocycles. The summed E-state index contributed by atoms with van der Waals surface area (Å²) in [5.74, 6) is -1.03. The van der Waals surface area contributed by atoms with E-state index in [4.69, 9.17) is 5.11 Å². The summed E-state index contributed by atoms with van der Waals surface area (Å²) in [6, 6.07) is 3.13. The van der Waals surface area contributed by atoms with Crippen molar-refractivity contribution in [1.29, 1.82) is 0 Å². The van der Waals surface area contributed by atoms with Gasteiger partial charge < -0.3 is 5.11 Å². The number of pyridine rings is 1. The molecule has 2 aromatic heterocycles. The van der Waals surface area contributed by atoms with E-state index in [9.17, 15) is 9.59 Å². The third-order valence-electron chi connectivity index (χ3n) is 2.30. The Bertz CT molecular complexity index is 607. The topological polar surface area (TPSA) is 74.6 Å². The molecule has 0 amide bonds. The summed E-state index contributed by atoms with van der Waals surface area (Å²) >= 11 is 0. The van der Waals surface area contributed by atoms with Gasteiger partial charge in [-0.25, -0.2) is 9.31 Å². The van der Waals surface area contributed by atoms with Gasteiger partial charge in [-0.2, -0.15) is 0 Å². The van der Waals surface area contributed by atoms with E-state index < -0.39 is 5.97 Å². The van der Waals surface area contributed by atoms with Crippen LogP contribution >= 0.6 is 0 Å². The number of carboxylic acid groups (broad SMARTS) is 1. The maximum Gasteiger partial charge on any atom is 0.339 e. The van der Waals surface area contributed by atoms with E-state index in [1.54, 1.807) is 19.9 Å². The molecule has 0 unspecified atom stereocenters. The number of fused-ring (bicyclic) bond motifs is 1. The Kier molecular flexibility index (Phi) is 1.89. The van der Waals surface area contributed by atoms with Gasteiger partial charge in [0, 0.05) is 11.8 Å². The van der Waals surface area contributed by atoms with Gasteiger partial charge in [0.25, 0.3) is 5.56 Å². The van der Waals surface area contributed by atoms with Gasteiger partial charge in [0.15, 0.2) is 0 Å². The highest BCUT2D eigenvalue weighted by atomic mass is 16.4. The molecule has 78 valence electrons. The van der Waals surface area contributed by atoms with E-state index in [1.807, 2.05) is 0 Å². The number of rotatable bonds is 1. The molecule has 15 heavy (non-hydrogen) atoms. The molecule has 2 rings (SSSR count). The minimum Gasteiger partial charge on any atom is -0.478 e. The van der Waals surface area contributed by atoms with Gasteiger partial charge in [0.1, 0.15) is 5.56 Å². The highest BCUT2D eigenvalue weighted by molar-refractivity contribution is 5.96. The Morgan fingerprint density at radius 2 is 2.07 bits per heavy atom. The van der Waals surface area contributed by atoms with Gasteiger partial charge in [0.05, 0.1) is 5.52 Å². The lowest BCUT2D eigenvalue weighted by Crippen LogP contribution is -2.13. The first-order valence-electron chi connectivity index (χ1n) is 4.46. The van der Waals surface area contributed by atoms with Crippen molar-refractivity contribution in [3.05, 3.63) is 39.3 Å². The largest absolute Gasteiger partial charge is 0.478 e. The van der Waals surface area contributed by atoms with Crippen molar-refractivity contribution in [3.8, 4) is 0 Å². The van der Waals surface area contributed by atoms with E-state index in [0.717, 1.165) is 5.56 Å². The van der Waals surface area contributed by atoms with Crippen LogP contribution in [0.1, 0.15) is 21.6 Å². The molecular formula is C10H10N2O3. The summed E-state index contributed by atoms with van der Waals surface area (Å²) in [7, 11) is 0. The van der Waals surface area contributed by atoms with Crippen molar-refractivity contribution in [2.75, 3.05) is 0 Å². The molecule has 0 saturated carbocycles. The van der Waals surface area contributed by atoms with Crippen LogP contribution in [0.15, 0.2) is 16.9 Å². The van der Waals surface area contributed by atoms with Crippen LogP contribution in [0.25, 0.3) is 5.52 Å². The molecule has 0 aliphatic heterocycles. The zero-order valence-electron chi connectivity index (χ0n) is 8.37. The van der Waals surface area contributed by atoms with Crippen molar-refractivity contribution in [2.24, 2.45) is 0 Å². The number of aromatic carboxylic acids is 1. The van der Waals surface area contributed by atoms with Crippen LogP contribution in [-0.2, 0) is 0 Å². The predicted molar refractivity (Wildman–Crippen MR) is 54.5 cm³/mol. The average Bonchev–Trinajstić information content (AvgIpc) is 2.41. The van der Waals surface area contributed by atoms with E-state index in [2.05, 4.69) is 5.10 Å². The van der Waals surface area contributed by atoms with Crippen LogP contribution in [0.4, 0.5) is 0 Å². The fraction of sp³-hybridized carbons (Fsp3) is 0.200. The molecule has 0 spiro atoms. The molecule has 5 nitrogen and oxygen atoms in total. The normalized spacial score (nSPS) is 10.8. The van der Waals surface area contributed by atoms with Gasteiger partial charge in [-0.15, -0.1) is 0 Å². The highest BCUT2D eigenvalue weighted by Gasteiger charge is 2.15. The quantitative estimate of drug-likeness (QED) is 0.729. The SMILES string of the molecule is Cc1cc(=O)n2[nH]c(C)c(C(=O)O)c2c1. The molecule has 0 atom stereocenters. The van der Waals surface area contributed by atoms with E-state index in [1.165, 1.54) is 10.6 Å². The van der Waals surface area contributed by atoms with Crippen LogP contribution < -0.4 is 5.56 Å². The fourth-order valence-corrected chi connectivity index (χ4v) is 1.68.